The zero-order chi connectivity index (χ0) is 16.7. The predicted octanol–water partition coefficient (Wildman–Crippen LogP) is 5.06. The minimum absolute atomic E-state index is 0.177. The van der Waals surface area contributed by atoms with Crippen molar-refractivity contribution < 1.29 is 9.53 Å². The van der Waals surface area contributed by atoms with Gasteiger partial charge in [-0.1, -0.05) is 52.3 Å². The molecular weight excluding hydrogens is 366 g/mol. The second kappa shape index (κ2) is 6.10. The number of ether oxygens (including phenoxy) is 1. The zero-order valence-corrected chi connectivity index (χ0v) is 14.9. The van der Waals surface area contributed by atoms with E-state index >= 15 is 0 Å². The smallest absolute Gasteiger partial charge is 0.339 e. The van der Waals surface area contributed by atoms with Crippen LogP contribution in [0.15, 0.2) is 59.1 Å². The van der Waals surface area contributed by atoms with Crippen molar-refractivity contribution in [3.63, 3.8) is 0 Å². The molecule has 0 fully saturated rings. The van der Waals surface area contributed by atoms with Crippen LogP contribution in [0.5, 0.6) is 0 Å². The van der Waals surface area contributed by atoms with Crippen molar-refractivity contribution in [2.24, 2.45) is 5.92 Å². The van der Waals surface area contributed by atoms with Crippen molar-refractivity contribution in [1.29, 1.82) is 0 Å². The van der Waals surface area contributed by atoms with Crippen LogP contribution in [0.4, 0.5) is 5.69 Å². The Morgan fingerprint density at radius 3 is 2.75 bits per heavy atom. The van der Waals surface area contributed by atoms with Gasteiger partial charge in [0.05, 0.1) is 24.4 Å². The fourth-order valence-electron chi connectivity index (χ4n) is 3.90. The van der Waals surface area contributed by atoms with Crippen LogP contribution >= 0.6 is 15.9 Å². The topological polar surface area (TPSA) is 38.3 Å². The van der Waals surface area contributed by atoms with Crippen LogP contribution in [0.2, 0.25) is 0 Å². The Labute approximate surface area is 149 Å². The number of anilines is 1. The average Bonchev–Trinajstić information content (AvgIpc) is 3.10. The number of carbonyl (C=O) groups is 1. The molecule has 0 radical (unpaired) electrons. The summed E-state index contributed by atoms with van der Waals surface area (Å²) in [5.74, 6) is 0.500. The van der Waals surface area contributed by atoms with Gasteiger partial charge in [-0.2, -0.15) is 0 Å². The molecule has 0 spiro atoms. The molecule has 0 saturated carbocycles. The molecule has 0 saturated heterocycles. The van der Waals surface area contributed by atoms with E-state index in [0.29, 0.717) is 17.4 Å². The highest BCUT2D eigenvalue weighted by molar-refractivity contribution is 9.10. The van der Waals surface area contributed by atoms with Gasteiger partial charge in [0.2, 0.25) is 0 Å². The molecule has 1 aliphatic heterocycles. The first kappa shape index (κ1) is 15.5. The third-order valence-corrected chi connectivity index (χ3v) is 5.56. The van der Waals surface area contributed by atoms with Crippen LogP contribution < -0.4 is 5.32 Å². The monoisotopic (exact) mass is 383 g/mol. The van der Waals surface area contributed by atoms with Gasteiger partial charge >= 0.3 is 5.97 Å². The number of hydrogen-bond acceptors (Lipinski definition) is 3. The summed E-state index contributed by atoms with van der Waals surface area (Å²) in [6.45, 7) is 0. The van der Waals surface area contributed by atoms with E-state index in [1.54, 1.807) is 0 Å². The van der Waals surface area contributed by atoms with E-state index in [1.807, 2.05) is 12.1 Å². The Bertz CT molecular complexity index is 813. The number of para-hydroxylation sites is 1. The number of esters is 1. The molecule has 0 unspecified atom stereocenters. The molecule has 2 aliphatic rings. The third-order valence-electron chi connectivity index (χ3n) is 5.03. The molecule has 0 bridgehead atoms. The number of carbonyl (C=O) groups excluding carboxylic acids is 1. The number of hydrogen-bond donors (Lipinski definition) is 1. The average molecular weight is 384 g/mol. The lowest BCUT2D eigenvalue weighted by Gasteiger charge is -2.38. The number of allylic oxidation sites excluding steroid dienone is 2. The highest BCUT2D eigenvalue weighted by Crippen LogP contribution is 2.50. The van der Waals surface area contributed by atoms with Crippen LogP contribution in [-0.2, 0) is 4.74 Å². The van der Waals surface area contributed by atoms with Gasteiger partial charge in [0.15, 0.2) is 0 Å². The first-order chi connectivity index (χ1) is 11.7. The number of nitrogens with one attached hydrogen (secondary N) is 1. The van der Waals surface area contributed by atoms with E-state index < -0.39 is 0 Å². The molecule has 0 aromatic heterocycles. The molecule has 3 nitrogen and oxygen atoms in total. The Morgan fingerprint density at radius 2 is 2.00 bits per heavy atom. The molecule has 1 aliphatic carbocycles. The fraction of sp³-hybridized carbons (Fsp3) is 0.250. The van der Waals surface area contributed by atoms with Gasteiger partial charge in [0.1, 0.15) is 0 Å². The molecule has 2 aromatic carbocycles. The maximum Gasteiger partial charge on any atom is 0.339 e. The quantitative estimate of drug-likeness (QED) is 0.581. The van der Waals surface area contributed by atoms with E-state index in [1.165, 1.54) is 18.2 Å². The molecule has 4 heteroatoms. The summed E-state index contributed by atoms with van der Waals surface area (Å²) in [7, 11) is 1.43. The van der Waals surface area contributed by atoms with E-state index in [0.717, 1.165) is 16.6 Å². The van der Waals surface area contributed by atoms with E-state index in [2.05, 4.69) is 63.7 Å². The van der Waals surface area contributed by atoms with Gasteiger partial charge in [-0.05, 0) is 41.7 Å². The lowest BCUT2D eigenvalue weighted by Crippen LogP contribution is -2.30. The summed E-state index contributed by atoms with van der Waals surface area (Å²) in [6, 6.07) is 14.5. The number of rotatable bonds is 2. The van der Waals surface area contributed by atoms with Crippen LogP contribution in [0.25, 0.3) is 0 Å². The number of fused-ring (bicyclic) bond motifs is 3. The molecule has 0 amide bonds. The Hall–Kier alpha value is -2.07. The standard InChI is InChI=1S/C20H18BrNO2/c1-24-20(23)17-7-3-6-16-14-4-2-5-15(14)18(22-19(16)17)12-8-10-13(21)11-9-12/h2-4,6-11,14-15,18,22H,5H2,1H3/t14-,15+,18-/m0/s1. The molecule has 1 heterocycles. The summed E-state index contributed by atoms with van der Waals surface area (Å²) >= 11 is 3.50. The van der Waals surface area contributed by atoms with Crippen molar-refractivity contribution >= 4 is 27.6 Å². The second-order valence-corrected chi connectivity index (χ2v) is 7.20. The Morgan fingerprint density at radius 1 is 1.21 bits per heavy atom. The van der Waals surface area contributed by atoms with Gasteiger partial charge < -0.3 is 10.1 Å². The number of benzene rings is 2. The SMILES string of the molecule is COC(=O)c1cccc2c1N[C@@H](c1ccc(Br)cc1)[C@@H]1CC=C[C@H]21. The van der Waals surface area contributed by atoms with Crippen LogP contribution in [-0.4, -0.2) is 13.1 Å². The number of halogens is 1. The molecule has 1 N–H and O–H groups in total. The maximum absolute atomic E-state index is 12.2. The molecule has 4 rings (SSSR count). The zero-order valence-electron chi connectivity index (χ0n) is 13.3. The second-order valence-electron chi connectivity index (χ2n) is 6.29. The first-order valence-electron chi connectivity index (χ1n) is 8.09. The van der Waals surface area contributed by atoms with Crippen LogP contribution in [0.3, 0.4) is 0 Å². The highest BCUT2D eigenvalue weighted by Gasteiger charge is 2.39. The molecule has 2 aromatic rings. The van der Waals surface area contributed by atoms with Crippen molar-refractivity contribution in [3.8, 4) is 0 Å². The summed E-state index contributed by atoms with van der Waals surface area (Å²) < 4.78 is 6.04. The first-order valence-corrected chi connectivity index (χ1v) is 8.88. The predicted molar refractivity (Wildman–Crippen MR) is 98.3 cm³/mol. The van der Waals surface area contributed by atoms with E-state index in [9.17, 15) is 4.79 Å². The minimum Gasteiger partial charge on any atom is -0.465 e. The molecular formula is C20H18BrNO2. The van der Waals surface area contributed by atoms with E-state index in [-0.39, 0.29) is 12.0 Å². The van der Waals surface area contributed by atoms with Gasteiger partial charge in [-0.3, -0.25) is 0 Å². The fourth-order valence-corrected chi connectivity index (χ4v) is 4.17. The van der Waals surface area contributed by atoms with Gasteiger partial charge in [-0.15, -0.1) is 0 Å². The highest BCUT2D eigenvalue weighted by atomic mass is 79.9. The van der Waals surface area contributed by atoms with Crippen molar-refractivity contribution in [3.05, 3.63) is 75.8 Å². The Kier molecular flexibility index (Phi) is 3.93. The summed E-state index contributed by atoms with van der Waals surface area (Å²) in [4.78, 5) is 12.2. The lowest BCUT2D eigenvalue weighted by atomic mass is 9.76. The van der Waals surface area contributed by atoms with Gasteiger partial charge in [0.25, 0.3) is 0 Å². The minimum atomic E-state index is -0.297. The molecule has 24 heavy (non-hydrogen) atoms. The van der Waals surface area contributed by atoms with Crippen LogP contribution in [0, 0.1) is 5.92 Å². The third kappa shape index (κ3) is 2.46. The molecule has 122 valence electrons. The largest absolute Gasteiger partial charge is 0.465 e. The van der Waals surface area contributed by atoms with Crippen LogP contribution in [0.1, 0.15) is 39.9 Å². The molecule has 3 atom stereocenters. The van der Waals surface area contributed by atoms with Crippen molar-refractivity contribution in [2.45, 2.75) is 18.4 Å². The number of methoxy groups -OCH3 is 1. The summed E-state index contributed by atoms with van der Waals surface area (Å²) in [5.41, 5.74) is 3.94. The summed E-state index contributed by atoms with van der Waals surface area (Å²) in [6.07, 6.45) is 5.57. The van der Waals surface area contributed by atoms with Crippen molar-refractivity contribution in [2.75, 3.05) is 12.4 Å². The lowest BCUT2D eigenvalue weighted by molar-refractivity contribution is 0.0601. The van der Waals surface area contributed by atoms with Gasteiger partial charge in [-0.25, -0.2) is 4.79 Å². The maximum atomic E-state index is 12.2. The van der Waals surface area contributed by atoms with Crippen molar-refractivity contribution in [1.82, 2.24) is 0 Å². The summed E-state index contributed by atoms with van der Waals surface area (Å²) in [5, 5.41) is 3.63. The van der Waals surface area contributed by atoms with E-state index in [4.69, 9.17) is 4.74 Å². The van der Waals surface area contributed by atoms with Gasteiger partial charge in [0, 0.05) is 10.4 Å². The Balaban J connectivity index is 1.82. The normalized spacial score (nSPS) is 24.0.